The van der Waals surface area contributed by atoms with Crippen molar-refractivity contribution in [2.24, 2.45) is 7.05 Å². The molecule has 0 spiro atoms. The van der Waals surface area contributed by atoms with Gasteiger partial charge >= 0.3 is 0 Å². The Labute approximate surface area is 94.3 Å². The van der Waals surface area contributed by atoms with E-state index in [0.29, 0.717) is 5.82 Å². The van der Waals surface area contributed by atoms with Crippen molar-refractivity contribution in [3.63, 3.8) is 0 Å². The molecule has 1 unspecified atom stereocenters. The number of nitrogens with two attached hydrogens (primary N) is 1. The minimum atomic E-state index is -0.0336. The van der Waals surface area contributed by atoms with Crippen LogP contribution in [0, 0.1) is 0 Å². The molecule has 3 N–H and O–H groups in total. The summed E-state index contributed by atoms with van der Waals surface area (Å²) < 4.78 is 1.97. The second-order valence-corrected chi connectivity index (χ2v) is 3.60. The lowest BCUT2D eigenvalue weighted by Gasteiger charge is -2.17. The fraction of sp³-hybridized carbons (Fsp3) is 0.273. The zero-order chi connectivity index (χ0) is 11.5. The number of nitrogen functional groups attached to an aromatic ring is 1. The molecule has 0 saturated heterocycles. The molecule has 0 aromatic carbocycles. The summed E-state index contributed by atoms with van der Waals surface area (Å²) in [6.07, 6.45) is 5.36. The fourth-order valence-electron chi connectivity index (χ4n) is 1.75. The maximum Gasteiger partial charge on any atom is 0.130 e. The second-order valence-electron chi connectivity index (χ2n) is 3.60. The number of hydrogen-bond donors (Lipinski definition) is 2. The van der Waals surface area contributed by atoms with E-state index in [9.17, 15) is 0 Å². The molecular formula is C11H15N5. The van der Waals surface area contributed by atoms with Crippen LogP contribution >= 0.6 is 0 Å². The molecule has 0 radical (unpaired) electrons. The van der Waals surface area contributed by atoms with Gasteiger partial charge in [-0.3, -0.25) is 0 Å². The van der Waals surface area contributed by atoms with Crippen LogP contribution in [0.15, 0.2) is 30.7 Å². The van der Waals surface area contributed by atoms with E-state index in [4.69, 9.17) is 5.73 Å². The van der Waals surface area contributed by atoms with Gasteiger partial charge < -0.3 is 15.6 Å². The second kappa shape index (κ2) is 4.32. The van der Waals surface area contributed by atoms with Crippen LogP contribution in [-0.4, -0.2) is 21.6 Å². The average Bonchev–Trinajstić information content (AvgIpc) is 2.69. The van der Waals surface area contributed by atoms with Crippen LogP contribution < -0.4 is 11.1 Å². The minimum Gasteiger partial charge on any atom is -0.383 e. The number of pyridine rings is 1. The molecule has 5 heteroatoms. The van der Waals surface area contributed by atoms with Crippen molar-refractivity contribution < 1.29 is 0 Å². The molecule has 5 nitrogen and oxygen atoms in total. The predicted molar refractivity (Wildman–Crippen MR) is 62.8 cm³/mol. The van der Waals surface area contributed by atoms with Gasteiger partial charge in [0.25, 0.3) is 0 Å². The van der Waals surface area contributed by atoms with Crippen LogP contribution in [0.25, 0.3) is 0 Å². The molecule has 0 saturated carbocycles. The molecule has 2 rings (SSSR count). The molecule has 16 heavy (non-hydrogen) atoms. The first-order valence-corrected chi connectivity index (χ1v) is 5.09. The van der Waals surface area contributed by atoms with E-state index in [1.807, 2.05) is 37.0 Å². The molecule has 0 aliphatic heterocycles. The van der Waals surface area contributed by atoms with Gasteiger partial charge in [0.05, 0.1) is 6.04 Å². The molecule has 2 aromatic heterocycles. The lowest BCUT2D eigenvalue weighted by molar-refractivity contribution is 0.617. The Morgan fingerprint density at radius 3 is 2.75 bits per heavy atom. The third-order valence-electron chi connectivity index (χ3n) is 2.59. The van der Waals surface area contributed by atoms with Crippen molar-refractivity contribution in [1.82, 2.24) is 19.9 Å². The number of nitrogens with zero attached hydrogens (tertiary/aromatic N) is 3. The highest BCUT2D eigenvalue weighted by atomic mass is 15.1. The zero-order valence-corrected chi connectivity index (χ0v) is 9.38. The SMILES string of the molecule is CNC(c1cccnc1N)c1nccn1C. The van der Waals surface area contributed by atoms with Crippen molar-refractivity contribution >= 4 is 5.82 Å². The van der Waals surface area contributed by atoms with E-state index in [1.165, 1.54) is 0 Å². The number of nitrogens with one attached hydrogen (secondary N) is 1. The number of aromatic nitrogens is 3. The lowest BCUT2D eigenvalue weighted by atomic mass is 10.1. The van der Waals surface area contributed by atoms with Crippen molar-refractivity contribution in [3.05, 3.63) is 42.1 Å². The first-order valence-electron chi connectivity index (χ1n) is 5.09. The first kappa shape index (κ1) is 10.6. The van der Waals surface area contributed by atoms with Gasteiger partial charge in [0.2, 0.25) is 0 Å². The lowest BCUT2D eigenvalue weighted by Crippen LogP contribution is -2.22. The molecule has 1 atom stereocenters. The van der Waals surface area contributed by atoms with Gasteiger partial charge in [-0.15, -0.1) is 0 Å². The van der Waals surface area contributed by atoms with Gasteiger partial charge in [0, 0.05) is 31.2 Å². The van der Waals surface area contributed by atoms with Crippen LogP contribution in [0.1, 0.15) is 17.4 Å². The Balaban J connectivity index is 2.45. The third kappa shape index (κ3) is 1.77. The standard InChI is InChI=1S/C11H15N5/c1-13-9(11-15-6-7-16(11)2)8-4-3-5-14-10(8)12/h3-7,9,13H,1-2H3,(H2,12,14). The summed E-state index contributed by atoms with van der Waals surface area (Å²) >= 11 is 0. The van der Waals surface area contributed by atoms with Gasteiger partial charge in [0.15, 0.2) is 0 Å². The van der Waals surface area contributed by atoms with Crippen molar-refractivity contribution in [2.45, 2.75) is 6.04 Å². The van der Waals surface area contributed by atoms with E-state index < -0.39 is 0 Å². The highest BCUT2D eigenvalue weighted by Gasteiger charge is 2.18. The predicted octanol–water partition coefficient (Wildman–Crippen LogP) is 0.706. The summed E-state index contributed by atoms with van der Waals surface area (Å²) in [5, 5.41) is 3.20. The number of hydrogen-bond acceptors (Lipinski definition) is 4. The Morgan fingerprint density at radius 1 is 1.38 bits per heavy atom. The zero-order valence-electron chi connectivity index (χ0n) is 9.38. The van der Waals surface area contributed by atoms with E-state index in [0.717, 1.165) is 11.4 Å². The molecule has 2 aromatic rings. The summed E-state index contributed by atoms with van der Waals surface area (Å²) in [5.74, 6) is 1.45. The van der Waals surface area contributed by atoms with Crippen LogP contribution in [-0.2, 0) is 7.05 Å². The number of imidazole rings is 1. The highest BCUT2D eigenvalue weighted by molar-refractivity contribution is 5.43. The summed E-state index contributed by atoms with van der Waals surface area (Å²) in [7, 11) is 3.84. The Kier molecular flexibility index (Phi) is 2.87. The van der Waals surface area contributed by atoms with Crippen molar-refractivity contribution in [1.29, 1.82) is 0 Å². The Bertz CT molecular complexity index is 477. The van der Waals surface area contributed by atoms with Crippen LogP contribution in [0.2, 0.25) is 0 Å². The van der Waals surface area contributed by atoms with E-state index >= 15 is 0 Å². The smallest absolute Gasteiger partial charge is 0.130 e. The van der Waals surface area contributed by atoms with Crippen LogP contribution in [0.3, 0.4) is 0 Å². The monoisotopic (exact) mass is 217 g/mol. The Hall–Kier alpha value is -1.88. The average molecular weight is 217 g/mol. The van der Waals surface area contributed by atoms with Crippen LogP contribution in [0.4, 0.5) is 5.82 Å². The van der Waals surface area contributed by atoms with E-state index in [-0.39, 0.29) is 6.04 Å². The topological polar surface area (TPSA) is 68.8 Å². The highest BCUT2D eigenvalue weighted by Crippen LogP contribution is 2.23. The fourth-order valence-corrected chi connectivity index (χ4v) is 1.75. The quantitative estimate of drug-likeness (QED) is 0.794. The third-order valence-corrected chi connectivity index (χ3v) is 2.59. The number of rotatable bonds is 3. The van der Waals surface area contributed by atoms with Gasteiger partial charge in [-0.25, -0.2) is 9.97 Å². The molecule has 0 aliphatic rings. The molecule has 0 fully saturated rings. The molecule has 84 valence electrons. The summed E-state index contributed by atoms with van der Waals surface area (Å²) in [6, 6.07) is 3.80. The molecule has 0 bridgehead atoms. The maximum atomic E-state index is 5.87. The Morgan fingerprint density at radius 2 is 2.19 bits per heavy atom. The number of anilines is 1. The largest absolute Gasteiger partial charge is 0.383 e. The summed E-state index contributed by atoms with van der Waals surface area (Å²) in [6.45, 7) is 0. The van der Waals surface area contributed by atoms with E-state index in [1.54, 1.807) is 12.4 Å². The van der Waals surface area contributed by atoms with E-state index in [2.05, 4.69) is 15.3 Å². The molecular weight excluding hydrogens is 202 g/mol. The maximum absolute atomic E-state index is 5.87. The van der Waals surface area contributed by atoms with Gasteiger partial charge in [-0.1, -0.05) is 6.07 Å². The molecule has 0 amide bonds. The van der Waals surface area contributed by atoms with Gasteiger partial charge in [0.1, 0.15) is 11.6 Å². The molecule has 2 heterocycles. The van der Waals surface area contributed by atoms with Crippen LogP contribution in [0.5, 0.6) is 0 Å². The first-order chi connectivity index (χ1) is 7.74. The van der Waals surface area contributed by atoms with Crippen molar-refractivity contribution in [2.75, 3.05) is 12.8 Å². The number of aryl methyl sites for hydroxylation is 1. The normalized spacial score (nSPS) is 12.6. The van der Waals surface area contributed by atoms with Gasteiger partial charge in [-0.2, -0.15) is 0 Å². The van der Waals surface area contributed by atoms with Crippen molar-refractivity contribution in [3.8, 4) is 0 Å². The molecule has 0 aliphatic carbocycles. The van der Waals surface area contributed by atoms with Gasteiger partial charge in [-0.05, 0) is 13.1 Å². The minimum absolute atomic E-state index is 0.0336. The summed E-state index contributed by atoms with van der Waals surface area (Å²) in [4.78, 5) is 8.41. The summed E-state index contributed by atoms with van der Waals surface area (Å²) in [5.41, 5.74) is 6.81.